The molecule has 1 aliphatic rings. The predicted molar refractivity (Wildman–Crippen MR) is 72.1 cm³/mol. The van der Waals surface area contributed by atoms with Gasteiger partial charge in [0.05, 0.1) is 7.11 Å². The SMILES string of the molecule is CC[C@@H](c1ccc(O)c(OC)c1)N1CCNCC1. The molecular formula is C14H22N2O2. The van der Waals surface area contributed by atoms with Gasteiger partial charge in [0.25, 0.3) is 0 Å². The second-order valence-electron chi connectivity index (χ2n) is 4.64. The van der Waals surface area contributed by atoms with Crippen molar-refractivity contribution in [3.63, 3.8) is 0 Å². The molecule has 0 amide bonds. The van der Waals surface area contributed by atoms with Gasteiger partial charge in [0.15, 0.2) is 11.5 Å². The third-order valence-electron chi connectivity index (χ3n) is 3.57. The molecule has 0 aliphatic carbocycles. The lowest BCUT2D eigenvalue weighted by Crippen LogP contribution is -2.45. The summed E-state index contributed by atoms with van der Waals surface area (Å²) in [6.45, 7) is 6.44. The van der Waals surface area contributed by atoms with Gasteiger partial charge in [0.2, 0.25) is 0 Å². The number of hydrogen-bond acceptors (Lipinski definition) is 4. The lowest BCUT2D eigenvalue weighted by molar-refractivity contribution is 0.169. The van der Waals surface area contributed by atoms with E-state index in [1.807, 2.05) is 12.1 Å². The van der Waals surface area contributed by atoms with Gasteiger partial charge >= 0.3 is 0 Å². The lowest BCUT2D eigenvalue weighted by atomic mass is 10.0. The Morgan fingerprint density at radius 3 is 2.72 bits per heavy atom. The first kappa shape index (κ1) is 13.2. The van der Waals surface area contributed by atoms with Crippen LogP contribution >= 0.6 is 0 Å². The zero-order valence-corrected chi connectivity index (χ0v) is 11.1. The Balaban J connectivity index is 2.20. The van der Waals surface area contributed by atoms with Crippen LogP contribution in [0.3, 0.4) is 0 Å². The van der Waals surface area contributed by atoms with Crippen molar-refractivity contribution in [3.8, 4) is 11.5 Å². The van der Waals surface area contributed by atoms with Gasteiger partial charge in [-0.15, -0.1) is 0 Å². The number of phenols is 1. The van der Waals surface area contributed by atoms with Crippen LogP contribution < -0.4 is 10.1 Å². The first-order valence-corrected chi connectivity index (χ1v) is 6.58. The third-order valence-corrected chi connectivity index (χ3v) is 3.57. The Labute approximate surface area is 109 Å². The van der Waals surface area contributed by atoms with Gasteiger partial charge in [0, 0.05) is 32.2 Å². The molecular weight excluding hydrogens is 228 g/mol. The summed E-state index contributed by atoms with van der Waals surface area (Å²) in [4.78, 5) is 2.49. The Kier molecular flexibility index (Phi) is 4.44. The normalized spacial score (nSPS) is 18.6. The van der Waals surface area contributed by atoms with Crippen molar-refractivity contribution in [2.24, 2.45) is 0 Å². The maximum Gasteiger partial charge on any atom is 0.160 e. The zero-order chi connectivity index (χ0) is 13.0. The van der Waals surface area contributed by atoms with Gasteiger partial charge in [0.1, 0.15) is 0 Å². The molecule has 0 bridgehead atoms. The van der Waals surface area contributed by atoms with E-state index in [0.717, 1.165) is 32.6 Å². The van der Waals surface area contributed by atoms with Crippen LogP contribution in [-0.2, 0) is 0 Å². The summed E-state index contributed by atoms with van der Waals surface area (Å²) >= 11 is 0. The van der Waals surface area contributed by atoms with E-state index in [4.69, 9.17) is 4.74 Å². The smallest absolute Gasteiger partial charge is 0.160 e. The molecule has 1 aromatic carbocycles. The fraction of sp³-hybridized carbons (Fsp3) is 0.571. The summed E-state index contributed by atoms with van der Waals surface area (Å²) in [5.41, 5.74) is 1.22. The highest BCUT2D eigenvalue weighted by Crippen LogP contribution is 2.32. The van der Waals surface area contributed by atoms with Crippen molar-refractivity contribution in [3.05, 3.63) is 23.8 Å². The summed E-state index contributed by atoms with van der Waals surface area (Å²) in [6, 6.07) is 6.07. The monoisotopic (exact) mass is 250 g/mol. The maximum atomic E-state index is 9.65. The molecule has 1 aliphatic heterocycles. The molecule has 2 rings (SSSR count). The molecule has 0 saturated carbocycles. The topological polar surface area (TPSA) is 44.7 Å². The van der Waals surface area contributed by atoms with Crippen LogP contribution in [0.5, 0.6) is 11.5 Å². The largest absolute Gasteiger partial charge is 0.504 e. The minimum absolute atomic E-state index is 0.205. The van der Waals surface area contributed by atoms with Crippen LogP contribution in [-0.4, -0.2) is 43.3 Å². The van der Waals surface area contributed by atoms with E-state index in [-0.39, 0.29) is 5.75 Å². The fourth-order valence-electron chi connectivity index (χ4n) is 2.60. The van der Waals surface area contributed by atoms with Crippen LogP contribution in [0.1, 0.15) is 24.9 Å². The van der Waals surface area contributed by atoms with Crippen LogP contribution in [0.4, 0.5) is 0 Å². The van der Waals surface area contributed by atoms with Crippen molar-refractivity contribution in [2.75, 3.05) is 33.3 Å². The molecule has 100 valence electrons. The van der Waals surface area contributed by atoms with E-state index >= 15 is 0 Å². The third kappa shape index (κ3) is 2.76. The molecule has 4 nitrogen and oxygen atoms in total. The molecule has 1 aromatic rings. The van der Waals surface area contributed by atoms with Crippen LogP contribution in [0.2, 0.25) is 0 Å². The Morgan fingerprint density at radius 1 is 1.39 bits per heavy atom. The Bertz CT molecular complexity index is 389. The molecule has 4 heteroatoms. The van der Waals surface area contributed by atoms with E-state index < -0.39 is 0 Å². The van der Waals surface area contributed by atoms with Crippen LogP contribution in [0.15, 0.2) is 18.2 Å². The molecule has 1 fully saturated rings. The number of benzene rings is 1. The number of rotatable bonds is 4. The van der Waals surface area contributed by atoms with Crippen molar-refractivity contribution >= 4 is 0 Å². The standard InChI is InChI=1S/C14H22N2O2/c1-3-12(16-8-6-15-7-9-16)11-4-5-13(17)14(10-11)18-2/h4-5,10,12,15,17H,3,6-9H2,1-2H3/t12-/m0/s1. The molecule has 0 unspecified atom stereocenters. The predicted octanol–water partition coefficient (Wildman–Crippen LogP) is 1.76. The average molecular weight is 250 g/mol. The first-order chi connectivity index (χ1) is 8.76. The first-order valence-electron chi connectivity index (χ1n) is 6.58. The Hall–Kier alpha value is -1.26. The summed E-state index contributed by atoms with van der Waals surface area (Å²) in [5.74, 6) is 0.762. The lowest BCUT2D eigenvalue weighted by Gasteiger charge is -2.34. The summed E-state index contributed by atoms with van der Waals surface area (Å²) in [5, 5.41) is 13.0. The molecule has 0 spiro atoms. The van der Waals surface area contributed by atoms with E-state index in [9.17, 15) is 5.11 Å². The number of piperazine rings is 1. The number of phenolic OH excluding ortho intramolecular Hbond substituents is 1. The van der Waals surface area contributed by atoms with Crippen LogP contribution in [0, 0.1) is 0 Å². The second-order valence-corrected chi connectivity index (χ2v) is 4.64. The molecule has 0 radical (unpaired) electrons. The number of methoxy groups -OCH3 is 1. The molecule has 18 heavy (non-hydrogen) atoms. The van der Waals surface area contributed by atoms with E-state index in [2.05, 4.69) is 17.1 Å². The summed E-state index contributed by atoms with van der Waals surface area (Å²) < 4.78 is 5.19. The maximum absolute atomic E-state index is 9.65. The number of aromatic hydroxyl groups is 1. The van der Waals surface area contributed by atoms with E-state index in [0.29, 0.717) is 11.8 Å². The van der Waals surface area contributed by atoms with Gasteiger partial charge in [-0.05, 0) is 24.1 Å². The Morgan fingerprint density at radius 2 is 2.11 bits per heavy atom. The van der Waals surface area contributed by atoms with Crippen molar-refractivity contribution in [1.82, 2.24) is 10.2 Å². The molecule has 2 N–H and O–H groups in total. The van der Waals surface area contributed by atoms with Gasteiger partial charge in [-0.25, -0.2) is 0 Å². The average Bonchev–Trinajstić information content (AvgIpc) is 2.42. The molecule has 0 aromatic heterocycles. The fourth-order valence-corrected chi connectivity index (χ4v) is 2.60. The number of nitrogens with zero attached hydrogens (tertiary/aromatic N) is 1. The second kappa shape index (κ2) is 6.07. The number of ether oxygens (including phenoxy) is 1. The quantitative estimate of drug-likeness (QED) is 0.854. The highest BCUT2D eigenvalue weighted by molar-refractivity contribution is 5.42. The van der Waals surface area contributed by atoms with Gasteiger partial charge in [-0.3, -0.25) is 4.90 Å². The van der Waals surface area contributed by atoms with Crippen molar-refractivity contribution in [2.45, 2.75) is 19.4 Å². The van der Waals surface area contributed by atoms with Crippen molar-refractivity contribution < 1.29 is 9.84 Å². The number of nitrogens with one attached hydrogen (secondary N) is 1. The summed E-state index contributed by atoms with van der Waals surface area (Å²) in [7, 11) is 1.59. The highest BCUT2D eigenvalue weighted by atomic mass is 16.5. The molecule has 1 heterocycles. The zero-order valence-electron chi connectivity index (χ0n) is 11.1. The summed E-state index contributed by atoms with van der Waals surface area (Å²) in [6.07, 6.45) is 1.06. The minimum Gasteiger partial charge on any atom is -0.504 e. The minimum atomic E-state index is 0.205. The van der Waals surface area contributed by atoms with Gasteiger partial charge < -0.3 is 15.2 Å². The molecule has 1 atom stereocenters. The molecule has 1 saturated heterocycles. The van der Waals surface area contributed by atoms with Gasteiger partial charge in [-0.2, -0.15) is 0 Å². The van der Waals surface area contributed by atoms with E-state index in [1.165, 1.54) is 5.56 Å². The van der Waals surface area contributed by atoms with Crippen molar-refractivity contribution in [1.29, 1.82) is 0 Å². The van der Waals surface area contributed by atoms with E-state index in [1.54, 1.807) is 13.2 Å². The number of hydrogen-bond donors (Lipinski definition) is 2. The van der Waals surface area contributed by atoms with Crippen LogP contribution in [0.25, 0.3) is 0 Å². The highest BCUT2D eigenvalue weighted by Gasteiger charge is 2.21. The van der Waals surface area contributed by atoms with Gasteiger partial charge in [-0.1, -0.05) is 13.0 Å².